The molecule has 0 spiro atoms. The summed E-state index contributed by atoms with van der Waals surface area (Å²) in [4.78, 5) is 41.0. The zero-order valence-electron chi connectivity index (χ0n) is 18.1. The number of halogens is 3. The average molecular weight is 767 g/mol. The zero-order valence-corrected chi connectivity index (χ0v) is 24.8. The second-order valence-electron chi connectivity index (χ2n) is 7.94. The molecule has 0 unspecified atom stereocenters. The molecule has 0 bridgehead atoms. The van der Waals surface area contributed by atoms with E-state index in [1.54, 1.807) is 11.0 Å². The van der Waals surface area contributed by atoms with Crippen LogP contribution in [0.15, 0.2) is 45.8 Å². The van der Waals surface area contributed by atoms with E-state index in [-0.39, 0.29) is 12.5 Å². The van der Waals surface area contributed by atoms with Crippen LogP contribution in [0.3, 0.4) is 0 Å². The third-order valence-electron chi connectivity index (χ3n) is 5.49. The van der Waals surface area contributed by atoms with E-state index in [9.17, 15) is 14.4 Å². The second kappa shape index (κ2) is 11.7. The fourth-order valence-corrected chi connectivity index (χ4v) is 6.93. The minimum atomic E-state index is -0.416. The molecule has 2 heterocycles. The van der Waals surface area contributed by atoms with Gasteiger partial charge in [-0.25, -0.2) is 0 Å². The molecule has 0 radical (unpaired) electrons. The van der Waals surface area contributed by atoms with E-state index in [0.29, 0.717) is 24.6 Å². The van der Waals surface area contributed by atoms with Crippen molar-refractivity contribution in [2.45, 2.75) is 25.9 Å². The maximum Gasteiger partial charge on any atom is 0.294 e. The van der Waals surface area contributed by atoms with Gasteiger partial charge >= 0.3 is 0 Å². The summed E-state index contributed by atoms with van der Waals surface area (Å²) in [6.07, 6.45) is 4.75. The molecule has 178 valence electrons. The molecule has 2 saturated heterocycles. The van der Waals surface area contributed by atoms with Gasteiger partial charge < -0.3 is 9.64 Å². The van der Waals surface area contributed by atoms with E-state index in [2.05, 4.69) is 61.1 Å². The molecule has 2 fully saturated rings. The highest BCUT2D eigenvalue weighted by Gasteiger charge is 2.37. The van der Waals surface area contributed by atoms with Gasteiger partial charge in [0.2, 0.25) is 5.91 Å². The van der Waals surface area contributed by atoms with Crippen molar-refractivity contribution in [2.75, 3.05) is 19.6 Å². The predicted octanol–water partition coefficient (Wildman–Crippen LogP) is 6.29. The van der Waals surface area contributed by atoms with Gasteiger partial charge in [0, 0.05) is 17.6 Å². The molecule has 2 aromatic carbocycles. The number of hydrogen-bond acceptors (Lipinski definition) is 5. The summed E-state index contributed by atoms with van der Waals surface area (Å²) in [7, 11) is 0. The summed E-state index contributed by atoms with van der Waals surface area (Å²) < 4.78 is 8.89. The fourth-order valence-electron chi connectivity index (χ4n) is 3.70. The number of rotatable bonds is 6. The van der Waals surface area contributed by atoms with Gasteiger partial charge in [0.05, 0.1) is 12.0 Å². The third-order valence-corrected chi connectivity index (χ3v) is 8.53. The van der Waals surface area contributed by atoms with Crippen LogP contribution < -0.4 is 4.74 Å². The minimum Gasteiger partial charge on any atom is -0.487 e. The number of thioether (sulfide) groups is 1. The SMILES string of the molecule is O=C(CN1C(=O)S/C(=C\c2cc(I)c(OCc3ccc(Br)cc3)c(I)c2)C1=O)N1CCCCC1. The van der Waals surface area contributed by atoms with E-state index in [4.69, 9.17) is 4.74 Å². The summed E-state index contributed by atoms with van der Waals surface area (Å²) in [6.45, 7) is 1.64. The van der Waals surface area contributed by atoms with Crippen molar-refractivity contribution >= 4 is 96.0 Å². The normalized spacial score (nSPS) is 17.6. The van der Waals surface area contributed by atoms with Gasteiger partial charge in [-0.3, -0.25) is 19.3 Å². The molecule has 3 amide bonds. The molecule has 6 nitrogen and oxygen atoms in total. The minimum absolute atomic E-state index is 0.167. The van der Waals surface area contributed by atoms with Crippen LogP contribution in [0.5, 0.6) is 5.75 Å². The lowest BCUT2D eigenvalue weighted by atomic mass is 10.1. The van der Waals surface area contributed by atoms with Gasteiger partial charge in [0.25, 0.3) is 11.1 Å². The van der Waals surface area contributed by atoms with Gasteiger partial charge in [-0.2, -0.15) is 0 Å². The number of carbonyl (C=O) groups excluding carboxylic acids is 3. The standard InChI is InChI=1S/C24H21BrI2N2O4S/c25-17-6-4-15(5-7-17)14-33-22-18(26)10-16(11-19(22)27)12-20-23(31)29(24(32)34-20)13-21(30)28-8-2-1-3-9-28/h4-7,10-12H,1-3,8-9,13-14H2/b20-12-. The van der Waals surface area contributed by atoms with Crippen molar-refractivity contribution in [1.82, 2.24) is 9.80 Å². The first-order valence-electron chi connectivity index (χ1n) is 10.7. The van der Waals surface area contributed by atoms with E-state index in [1.807, 2.05) is 36.4 Å². The van der Waals surface area contributed by atoms with Crippen molar-refractivity contribution in [2.24, 2.45) is 0 Å². The van der Waals surface area contributed by atoms with Gasteiger partial charge in [0.1, 0.15) is 18.9 Å². The van der Waals surface area contributed by atoms with Crippen LogP contribution in [-0.2, 0) is 16.2 Å². The number of likely N-dealkylation sites (tertiary alicyclic amines) is 1. The first kappa shape index (κ1) is 26.0. The Bertz CT molecular complexity index is 1130. The van der Waals surface area contributed by atoms with Crippen LogP contribution in [0.1, 0.15) is 30.4 Å². The number of piperidine rings is 1. The Kier molecular flexibility index (Phi) is 8.97. The van der Waals surface area contributed by atoms with Crippen molar-refractivity contribution in [1.29, 1.82) is 0 Å². The van der Waals surface area contributed by atoms with Gasteiger partial charge in [-0.05, 0) is 118 Å². The lowest BCUT2D eigenvalue weighted by Crippen LogP contribution is -2.44. The van der Waals surface area contributed by atoms with Gasteiger partial charge in [-0.1, -0.05) is 28.1 Å². The average Bonchev–Trinajstić information content (AvgIpc) is 3.07. The van der Waals surface area contributed by atoms with Gasteiger partial charge in [-0.15, -0.1) is 0 Å². The molecular formula is C24H21BrI2N2O4S. The monoisotopic (exact) mass is 766 g/mol. The zero-order chi connectivity index (χ0) is 24.2. The van der Waals surface area contributed by atoms with E-state index in [0.717, 1.165) is 64.4 Å². The first-order chi connectivity index (χ1) is 16.3. The Morgan fingerprint density at radius 1 is 1.06 bits per heavy atom. The van der Waals surface area contributed by atoms with Crippen LogP contribution in [0, 0.1) is 7.14 Å². The molecule has 0 aliphatic carbocycles. The summed E-state index contributed by atoms with van der Waals surface area (Å²) in [5.74, 6) is 0.196. The van der Waals surface area contributed by atoms with Crippen LogP contribution >= 0.6 is 72.9 Å². The number of benzene rings is 2. The van der Waals surface area contributed by atoms with Gasteiger partial charge in [0.15, 0.2) is 0 Å². The highest BCUT2D eigenvalue weighted by atomic mass is 127. The Morgan fingerprint density at radius 2 is 1.71 bits per heavy atom. The van der Waals surface area contributed by atoms with Crippen molar-refractivity contribution < 1.29 is 19.1 Å². The highest BCUT2D eigenvalue weighted by molar-refractivity contribution is 14.1. The molecule has 0 atom stereocenters. The number of carbonyl (C=O) groups is 3. The summed E-state index contributed by atoms with van der Waals surface area (Å²) in [5, 5.41) is -0.402. The number of nitrogens with zero attached hydrogens (tertiary/aromatic N) is 2. The van der Waals surface area contributed by atoms with E-state index < -0.39 is 11.1 Å². The van der Waals surface area contributed by atoms with Crippen molar-refractivity contribution in [3.63, 3.8) is 0 Å². The number of hydrogen-bond donors (Lipinski definition) is 0. The van der Waals surface area contributed by atoms with E-state index in [1.165, 1.54) is 0 Å². The van der Waals surface area contributed by atoms with E-state index >= 15 is 0 Å². The molecule has 10 heteroatoms. The predicted molar refractivity (Wildman–Crippen MR) is 153 cm³/mol. The Balaban J connectivity index is 1.44. The highest BCUT2D eigenvalue weighted by Crippen LogP contribution is 2.35. The van der Waals surface area contributed by atoms with Crippen LogP contribution in [0.25, 0.3) is 6.08 Å². The van der Waals surface area contributed by atoms with Crippen molar-refractivity contribution in [3.05, 3.63) is 64.0 Å². The molecule has 2 aromatic rings. The number of imide groups is 1. The molecule has 2 aliphatic heterocycles. The van der Waals surface area contributed by atoms with Crippen LogP contribution in [-0.4, -0.2) is 46.5 Å². The Labute approximate surface area is 238 Å². The fraction of sp³-hybridized carbons (Fsp3) is 0.292. The molecule has 0 saturated carbocycles. The first-order valence-corrected chi connectivity index (χ1v) is 14.5. The lowest BCUT2D eigenvalue weighted by Gasteiger charge is -2.27. The smallest absolute Gasteiger partial charge is 0.294 e. The molecule has 34 heavy (non-hydrogen) atoms. The largest absolute Gasteiger partial charge is 0.487 e. The molecule has 2 aliphatic rings. The number of amides is 3. The molecule has 0 N–H and O–H groups in total. The van der Waals surface area contributed by atoms with Crippen LogP contribution in [0.2, 0.25) is 0 Å². The number of ether oxygens (including phenoxy) is 1. The summed E-state index contributed by atoms with van der Waals surface area (Å²) in [5.41, 5.74) is 1.87. The molecule has 0 aromatic heterocycles. The quantitative estimate of drug-likeness (QED) is 0.256. The maximum absolute atomic E-state index is 12.9. The molecular weight excluding hydrogens is 746 g/mol. The van der Waals surface area contributed by atoms with Crippen molar-refractivity contribution in [3.8, 4) is 5.75 Å². The third kappa shape index (κ3) is 6.35. The maximum atomic E-state index is 12.9. The lowest BCUT2D eigenvalue weighted by molar-refractivity contribution is -0.136. The summed E-state index contributed by atoms with van der Waals surface area (Å²) >= 11 is 8.74. The van der Waals surface area contributed by atoms with Crippen LogP contribution in [0.4, 0.5) is 4.79 Å². The topological polar surface area (TPSA) is 66.9 Å². The Morgan fingerprint density at radius 3 is 2.35 bits per heavy atom. The molecule has 4 rings (SSSR count). The summed E-state index contributed by atoms with van der Waals surface area (Å²) in [6, 6.07) is 11.8. The Hall–Kier alpha value is -1.12. The second-order valence-corrected chi connectivity index (χ2v) is 12.2.